The van der Waals surface area contributed by atoms with E-state index in [0.29, 0.717) is 38.7 Å². The van der Waals surface area contributed by atoms with Crippen LogP contribution < -0.4 is 0 Å². The van der Waals surface area contributed by atoms with Gasteiger partial charge < -0.3 is 8.83 Å². The van der Waals surface area contributed by atoms with E-state index >= 15 is 0 Å². The van der Waals surface area contributed by atoms with E-state index in [0.717, 1.165) is 5.56 Å². The number of fused-ring (bicyclic) bond motifs is 7. The van der Waals surface area contributed by atoms with Crippen molar-refractivity contribution >= 4 is 54.5 Å². The van der Waals surface area contributed by atoms with Crippen LogP contribution in [0.1, 0.15) is 17.8 Å². The van der Waals surface area contributed by atoms with Gasteiger partial charge in [0.25, 0.3) is 0 Å². The summed E-state index contributed by atoms with van der Waals surface area (Å²) in [7, 11) is 0. The van der Waals surface area contributed by atoms with Crippen LogP contribution in [0, 0.1) is 0 Å². The van der Waals surface area contributed by atoms with Gasteiger partial charge in [-0.2, -0.15) is 0 Å². The second-order valence-electron chi connectivity index (χ2n) is 9.86. The zero-order valence-corrected chi connectivity index (χ0v) is 21.7. The van der Waals surface area contributed by atoms with Gasteiger partial charge in [-0.05, 0) is 62.0 Å². The molecule has 0 saturated heterocycles. The van der Waals surface area contributed by atoms with Gasteiger partial charge in [-0.1, -0.05) is 127 Å². The molecule has 0 unspecified atom stereocenters. The van der Waals surface area contributed by atoms with Gasteiger partial charge in [0.05, 0.1) is 23.2 Å². The molecule has 0 radical (unpaired) electrons. The van der Waals surface area contributed by atoms with E-state index in [9.17, 15) is 5.48 Å². The average molecular weight is 550 g/mol. The van der Waals surface area contributed by atoms with Gasteiger partial charge in [-0.3, -0.25) is 0 Å². The summed E-state index contributed by atoms with van der Waals surface area (Å²) in [5.41, 5.74) is 1.36. The predicted molar refractivity (Wildman–Crippen MR) is 175 cm³/mol. The van der Waals surface area contributed by atoms with E-state index in [2.05, 4.69) is 0 Å². The molecule has 0 aliphatic carbocycles. The third kappa shape index (κ3) is 3.33. The molecule has 0 bridgehead atoms. The number of furan rings is 2. The maximum absolute atomic E-state index is 9.38. The van der Waals surface area contributed by atoms with Gasteiger partial charge in [0.2, 0.25) is 0 Å². The van der Waals surface area contributed by atoms with Gasteiger partial charge >= 0.3 is 0 Å². The number of para-hydroxylation sites is 1. The fourth-order valence-electron chi connectivity index (χ4n) is 5.86. The second kappa shape index (κ2) is 8.95. The van der Waals surface area contributed by atoms with Crippen molar-refractivity contribution in [2.24, 2.45) is 0 Å². The molecule has 0 saturated carbocycles. The highest BCUT2D eigenvalue weighted by Gasteiger charge is 2.23. The monoisotopic (exact) mass is 549 g/mol. The van der Waals surface area contributed by atoms with Crippen molar-refractivity contribution in [3.05, 3.63) is 145 Å². The van der Waals surface area contributed by atoms with Gasteiger partial charge in [-0.25, -0.2) is 0 Å². The minimum atomic E-state index is -0.730. The lowest BCUT2D eigenvalue weighted by molar-refractivity contribution is 0.631. The van der Waals surface area contributed by atoms with Gasteiger partial charge in [0.15, 0.2) is 0 Å². The van der Waals surface area contributed by atoms with Crippen molar-refractivity contribution in [2.75, 3.05) is 0 Å². The molecule has 0 amide bonds. The van der Waals surface area contributed by atoms with Crippen LogP contribution in [0.2, 0.25) is 0 Å². The van der Waals surface area contributed by atoms with Crippen molar-refractivity contribution in [1.82, 2.24) is 0 Å². The Morgan fingerprint density at radius 3 is 1.79 bits per heavy atom. The number of rotatable bonds is 3. The molecule has 2 nitrogen and oxygen atoms in total. The summed E-state index contributed by atoms with van der Waals surface area (Å²) < 4.78 is 128. The largest absolute Gasteiger partial charge is 0.456 e. The van der Waals surface area contributed by atoms with Crippen LogP contribution in [-0.2, 0) is 0 Å². The summed E-state index contributed by atoms with van der Waals surface area (Å²) in [6.45, 7) is 0. The summed E-state index contributed by atoms with van der Waals surface area (Å²) in [5, 5.41) is 0.709. The first kappa shape index (κ1) is 13.8. The van der Waals surface area contributed by atoms with Crippen molar-refractivity contribution in [2.45, 2.75) is 0 Å². The first-order chi connectivity index (χ1) is 26.2. The number of hydrogen-bond donors (Lipinski definition) is 0. The van der Waals surface area contributed by atoms with Gasteiger partial charge in [0.1, 0.15) is 22.5 Å². The Hall–Kier alpha value is -5.60. The fraction of sp³-hybridized carbons (Fsp3) is 0. The van der Waals surface area contributed by atoms with Crippen molar-refractivity contribution in [1.29, 1.82) is 0 Å². The van der Waals surface area contributed by atoms with E-state index in [-0.39, 0.29) is 38.2 Å². The van der Waals surface area contributed by atoms with Crippen LogP contribution in [0.15, 0.2) is 154 Å². The molecule has 2 heteroatoms. The van der Waals surface area contributed by atoms with Crippen LogP contribution in [0.3, 0.4) is 0 Å². The molecule has 2 heterocycles. The smallest absolute Gasteiger partial charge is 0.147 e. The van der Waals surface area contributed by atoms with Crippen molar-refractivity contribution < 1.29 is 26.7 Å². The lowest BCUT2D eigenvalue weighted by Crippen LogP contribution is -1.91. The highest BCUT2D eigenvalue weighted by Crippen LogP contribution is 2.49. The Morgan fingerprint density at radius 1 is 0.452 bits per heavy atom. The Labute approximate surface area is 260 Å². The fourth-order valence-corrected chi connectivity index (χ4v) is 5.86. The Kier molecular flexibility index (Phi) is 2.95. The molecule has 0 aliphatic heterocycles. The Balaban J connectivity index is 1.62. The van der Waals surface area contributed by atoms with E-state index in [1.54, 1.807) is 24.3 Å². The first-order valence-corrected chi connectivity index (χ1v) is 13.2. The minimum Gasteiger partial charge on any atom is -0.456 e. The van der Waals surface area contributed by atoms with Crippen LogP contribution in [-0.4, -0.2) is 0 Å². The highest BCUT2D eigenvalue weighted by molar-refractivity contribution is 6.28. The maximum Gasteiger partial charge on any atom is 0.147 e. The molecule has 9 rings (SSSR count). The molecule has 0 N–H and O–H groups in total. The van der Waals surface area contributed by atoms with Crippen LogP contribution in [0.25, 0.3) is 88.0 Å². The first-order valence-electron chi connectivity index (χ1n) is 19.7. The zero-order valence-electron chi connectivity index (χ0n) is 34.7. The van der Waals surface area contributed by atoms with E-state index < -0.39 is 84.1 Å². The van der Waals surface area contributed by atoms with E-state index in [1.807, 2.05) is 42.5 Å². The molecule has 0 spiro atoms. The number of benzene rings is 7. The zero-order chi connectivity index (χ0) is 38.9. The summed E-state index contributed by atoms with van der Waals surface area (Å²) in [4.78, 5) is 0. The number of hydrogen-bond acceptors (Lipinski definition) is 2. The lowest BCUT2D eigenvalue weighted by atomic mass is 9.84. The van der Waals surface area contributed by atoms with Crippen molar-refractivity contribution in [3.63, 3.8) is 0 Å². The maximum atomic E-state index is 9.38. The lowest BCUT2D eigenvalue weighted by Gasteiger charge is -2.18. The third-order valence-corrected chi connectivity index (χ3v) is 7.60. The molecule has 0 aliphatic rings. The molecule has 0 atom stereocenters. The summed E-state index contributed by atoms with van der Waals surface area (Å²) >= 11 is 0. The molecular formula is C40H24O2. The second-order valence-corrected chi connectivity index (χ2v) is 9.86. The third-order valence-electron chi connectivity index (χ3n) is 7.60. The molecule has 196 valence electrons. The molecule has 2 aromatic heterocycles. The summed E-state index contributed by atoms with van der Waals surface area (Å²) in [5.74, 6) is 0.504. The van der Waals surface area contributed by atoms with Crippen LogP contribution >= 0.6 is 0 Å². The quantitative estimate of drug-likeness (QED) is 0.205. The topological polar surface area (TPSA) is 26.3 Å². The minimum absolute atomic E-state index is 0.00349. The van der Waals surface area contributed by atoms with Gasteiger partial charge in [0, 0.05) is 16.3 Å². The molecule has 42 heavy (non-hydrogen) atoms. The van der Waals surface area contributed by atoms with E-state index in [1.165, 1.54) is 0 Å². The predicted octanol–water partition coefficient (Wildman–Crippen LogP) is 11.6. The van der Waals surface area contributed by atoms with Crippen molar-refractivity contribution in [3.8, 4) is 33.6 Å². The molecule has 7 aromatic carbocycles. The molecule has 9 aromatic rings. The summed E-state index contributed by atoms with van der Waals surface area (Å²) in [6, 6.07) is 11.3. The van der Waals surface area contributed by atoms with Gasteiger partial charge in [-0.15, -0.1) is 0 Å². The van der Waals surface area contributed by atoms with E-state index in [4.69, 9.17) is 21.2 Å². The Morgan fingerprint density at radius 2 is 1.07 bits per heavy atom. The average Bonchev–Trinajstić information content (AvgIpc) is 3.81. The summed E-state index contributed by atoms with van der Waals surface area (Å²) in [6.07, 6.45) is 0. The van der Waals surface area contributed by atoms with Crippen LogP contribution in [0.5, 0.6) is 0 Å². The molecular weight excluding hydrogens is 512 g/mol. The highest BCUT2D eigenvalue weighted by atomic mass is 16.3. The molecule has 0 fully saturated rings. The standard InChI is InChI=1S/C40H24O2/c1-3-13-25(14-4-1)35-23-32-36(41-35)24-33(39-31-21-11-12-22-34(31)42-40(32)39)38-29-19-9-7-17-27(29)37(26-15-5-2-6-16-26)28-18-8-10-20-30(28)38/h1-24H/i2D,5D,6D,7D,8D,9D,10D,15D,16D,17D,18D,19D,20D. The Bertz CT molecular complexity index is 3070. The SMILES string of the molecule is [2H]c1c([2H])c([2H])c(-c2c3c([2H])c([2H])c([2H])c([2H])c3c(-c3cc4oc(-c5ccccc5)cc4c4oc5ccccc5c34)c3c([2H])c([2H])c([2H])c([2H])c23)c([2H])c1[2H]. The normalized spacial score (nSPS) is 16.1. The van der Waals surface area contributed by atoms with Crippen LogP contribution in [0.4, 0.5) is 0 Å².